The number of nitrogens with zero attached hydrogens (tertiary/aromatic N) is 2. The third-order valence-corrected chi connectivity index (χ3v) is 4.30. The van der Waals surface area contributed by atoms with Gasteiger partial charge in [-0.25, -0.2) is 9.37 Å². The van der Waals surface area contributed by atoms with Crippen molar-refractivity contribution in [1.82, 2.24) is 9.97 Å². The SMILES string of the molecule is [2H]C([2H])([2H])c1ccc2c(n1)oc1c(-c3cc(CC(C)(C)C)c(F)cn3)cccc12. The second-order valence-electron chi connectivity index (χ2n) is 7.73. The molecule has 0 saturated carbocycles. The van der Waals surface area contributed by atoms with Crippen molar-refractivity contribution in [3.63, 3.8) is 0 Å². The molecule has 26 heavy (non-hydrogen) atoms. The van der Waals surface area contributed by atoms with Crippen molar-refractivity contribution in [1.29, 1.82) is 0 Å². The van der Waals surface area contributed by atoms with Crippen molar-refractivity contribution in [2.45, 2.75) is 34.0 Å². The molecule has 132 valence electrons. The van der Waals surface area contributed by atoms with E-state index in [2.05, 4.69) is 30.7 Å². The molecule has 0 radical (unpaired) electrons. The van der Waals surface area contributed by atoms with Crippen LogP contribution in [0.25, 0.3) is 33.3 Å². The van der Waals surface area contributed by atoms with Gasteiger partial charge in [-0.2, -0.15) is 0 Å². The summed E-state index contributed by atoms with van der Waals surface area (Å²) in [4.78, 5) is 8.46. The summed E-state index contributed by atoms with van der Waals surface area (Å²) in [5, 5.41) is 1.54. The highest BCUT2D eigenvalue weighted by Gasteiger charge is 2.18. The second-order valence-corrected chi connectivity index (χ2v) is 7.73. The van der Waals surface area contributed by atoms with E-state index in [1.807, 2.05) is 18.2 Å². The highest BCUT2D eigenvalue weighted by molar-refractivity contribution is 6.08. The highest BCUT2D eigenvalue weighted by atomic mass is 19.1. The molecule has 0 saturated heterocycles. The number of rotatable bonds is 2. The van der Waals surface area contributed by atoms with Crippen molar-refractivity contribution in [2.75, 3.05) is 0 Å². The van der Waals surface area contributed by atoms with Gasteiger partial charge in [-0.3, -0.25) is 4.98 Å². The van der Waals surface area contributed by atoms with Gasteiger partial charge in [0.25, 0.3) is 0 Å². The normalized spacial score (nSPS) is 14.4. The van der Waals surface area contributed by atoms with Crippen molar-refractivity contribution in [2.24, 2.45) is 5.41 Å². The molecule has 3 aromatic heterocycles. The van der Waals surface area contributed by atoms with Gasteiger partial charge < -0.3 is 4.42 Å². The summed E-state index contributed by atoms with van der Waals surface area (Å²) in [7, 11) is 0. The van der Waals surface area contributed by atoms with Crippen LogP contribution in [0.4, 0.5) is 4.39 Å². The molecule has 0 amide bonds. The minimum atomic E-state index is -2.31. The average Bonchev–Trinajstić information content (AvgIpc) is 2.99. The van der Waals surface area contributed by atoms with Crippen molar-refractivity contribution in [3.05, 3.63) is 59.7 Å². The monoisotopic (exact) mass is 351 g/mol. The minimum Gasteiger partial charge on any atom is -0.437 e. The number of pyridine rings is 2. The summed E-state index contributed by atoms with van der Waals surface area (Å²) >= 11 is 0. The van der Waals surface area contributed by atoms with Crippen LogP contribution < -0.4 is 0 Å². The van der Waals surface area contributed by atoms with Gasteiger partial charge in [-0.15, -0.1) is 0 Å². The van der Waals surface area contributed by atoms with Crippen LogP contribution >= 0.6 is 0 Å². The van der Waals surface area contributed by atoms with E-state index >= 15 is 0 Å². The summed E-state index contributed by atoms with van der Waals surface area (Å²) in [6.07, 6.45) is 1.82. The lowest BCUT2D eigenvalue weighted by atomic mass is 9.88. The van der Waals surface area contributed by atoms with Crippen LogP contribution in [0.3, 0.4) is 0 Å². The zero-order chi connectivity index (χ0) is 21.0. The largest absolute Gasteiger partial charge is 0.437 e. The Balaban J connectivity index is 1.90. The van der Waals surface area contributed by atoms with Crippen LogP contribution in [0.2, 0.25) is 0 Å². The quantitative estimate of drug-likeness (QED) is 0.439. The Morgan fingerprint density at radius 2 is 2.00 bits per heavy atom. The van der Waals surface area contributed by atoms with Gasteiger partial charge in [-0.05, 0) is 48.5 Å². The summed E-state index contributed by atoms with van der Waals surface area (Å²) in [5.41, 5.74) is 2.64. The Bertz CT molecular complexity index is 1220. The average molecular weight is 351 g/mol. The van der Waals surface area contributed by atoms with Crippen molar-refractivity contribution >= 4 is 22.1 Å². The van der Waals surface area contributed by atoms with Crippen LogP contribution in [0.5, 0.6) is 0 Å². The van der Waals surface area contributed by atoms with E-state index in [1.54, 1.807) is 12.1 Å². The molecular weight excluding hydrogens is 327 g/mol. The Kier molecular flexibility index (Phi) is 3.06. The number of para-hydroxylation sites is 1. The number of benzene rings is 1. The maximum absolute atomic E-state index is 14.3. The van der Waals surface area contributed by atoms with Gasteiger partial charge in [0.2, 0.25) is 5.71 Å². The van der Waals surface area contributed by atoms with E-state index in [0.29, 0.717) is 28.8 Å². The molecule has 0 spiro atoms. The van der Waals surface area contributed by atoms with Crippen molar-refractivity contribution in [3.8, 4) is 11.3 Å². The zero-order valence-corrected chi connectivity index (χ0v) is 14.9. The van der Waals surface area contributed by atoms with Crippen LogP contribution in [-0.4, -0.2) is 9.97 Å². The lowest BCUT2D eigenvalue weighted by Crippen LogP contribution is -2.11. The van der Waals surface area contributed by atoms with Gasteiger partial charge >= 0.3 is 0 Å². The van der Waals surface area contributed by atoms with Crippen LogP contribution in [0.15, 0.2) is 47.0 Å². The van der Waals surface area contributed by atoms with Crippen LogP contribution in [-0.2, 0) is 6.42 Å². The smallest absolute Gasteiger partial charge is 0.227 e. The van der Waals surface area contributed by atoms with Gasteiger partial charge in [0.15, 0.2) is 0 Å². The number of hydrogen-bond donors (Lipinski definition) is 0. The summed E-state index contributed by atoms with van der Waals surface area (Å²) in [6.45, 7) is 3.86. The fraction of sp³-hybridized carbons (Fsp3) is 0.273. The molecule has 0 aliphatic carbocycles. The van der Waals surface area contributed by atoms with E-state index in [-0.39, 0.29) is 22.6 Å². The molecule has 0 atom stereocenters. The number of furan rings is 1. The van der Waals surface area contributed by atoms with E-state index in [4.69, 9.17) is 8.53 Å². The van der Waals surface area contributed by atoms with Gasteiger partial charge in [0.1, 0.15) is 11.4 Å². The molecule has 3 nitrogen and oxygen atoms in total. The molecule has 0 aliphatic rings. The zero-order valence-electron chi connectivity index (χ0n) is 17.9. The molecule has 1 aromatic carbocycles. The first kappa shape index (κ1) is 13.5. The molecule has 0 N–H and O–H groups in total. The summed E-state index contributed by atoms with van der Waals surface area (Å²) < 4.78 is 42.9. The summed E-state index contributed by atoms with van der Waals surface area (Å²) in [6, 6.07) is 10.6. The Morgan fingerprint density at radius 1 is 1.15 bits per heavy atom. The predicted octanol–water partition coefficient (Wildman–Crippen LogP) is 6.08. The molecule has 4 aromatic rings. The Morgan fingerprint density at radius 3 is 2.77 bits per heavy atom. The molecule has 0 bridgehead atoms. The molecular formula is C22H21FN2O. The fourth-order valence-electron chi connectivity index (χ4n) is 3.22. The van der Waals surface area contributed by atoms with Gasteiger partial charge in [0, 0.05) is 26.1 Å². The van der Waals surface area contributed by atoms with Gasteiger partial charge in [-0.1, -0.05) is 32.9 Å². The fourth-order valence-corrected chi connectivity index (χ4v) is 3.22. The van der Waals surface area contributed by atoms with Crippen LogP contribution in [0, 0.1) is 18.1 Å². The first-order valence-corrected chi connectivity index (χ1v) is 8.50. The standard InChI is InChI=1S/C22H21FN2O/c1-13-8-9-16-15-6-5-7-17(20(15)26-21(16)25-13)19-10-14(11-22(2,3)4)18(23)12-24-19/h5-10,12H,11H2,1-4H3/i1D3. The molecule has 4 rings (SSSR count). The number of halogens is 1. The molecule has 0 aliphatic heterocycles. The molecule has 0 unspecified atom stereocenters. The molecule has 0 fully saturated rings. The van der Waals surface area contributed by atoms with Gasteiger partial charge in [0.05, 0.1) is 11.9 Å². The van der Waals surface area contributed by atoms with E-state index < -0.39 is 6.85 Å². The number of hydrogen-bond acceptors (Lipinski definition) is 3. The second kappa shape index (κ2) is 5.90. The van der Waals surface area contributed by atoms with E-state index in [1.165, 1.54) is 12.3 Å². The predicted molar refractivity (Wildman–Crippen MR) is 103 cm³/mol. The third kappa shape index (κ3) is 2.96. The molecule has 3 heterocycles. The van der Waals surface area contributed by atoms with E-state index in [0.717, 1.165) is 10.8 Å². The number of aromatic nitrogens is 2. The van der Waals surface area contributed by atoms with E-state index in [9.17, 15) is 4.39 Å². The number of aryl methyl sites for hydroxylation is 1. The Labute approximate surface area is 156 Å². The topological polar surface area (TPSA) is 38.9 Å². The number of fused-ring (bicyclic) bond motifs is 3. The van der Waals surface area contributed by atoms with Crippen LogP contribution in [0.1, 0.15) is 36.1 Å². The first-order chi connectivity index (χ1) is 13.5. The van der Waals surface area contributed by atoms with Crippen molar-refractivity contribution < 1.29 is 12.9 Å². The minimum absolute atomic E-state index is 0.0158. The lowest BCUT2D eigenvalue weighted by molar-refractivity contribution is 0.402. The summed E-state index contributed by atoms with van der Waals surface area (Å²) in [5.74, 6) is -0.329. The first-order valence-electron chi connectivity index (χ1n) is 10.0. The maximum atomic E-state index is 14.3. The Hall–Kier alpha value is -2.75. The molecule has 4 heteroatoms. The highest BCUT2D eigenvalue weighted by Crippen LogP contribution is 2.35. The third-order valence-electron chi connectivity index (χ3n) is 4.30. The maximum Gasteiger partial charge on any atom is 0.227 e. The lowest BCUT2D eigenvalue weighted by Gasteiger charge is -2.18.